The van der Waals surface area contributed by atoms with Crippen molar-refractivity contribution < 1.29 is 22.8 Å². The zero-order chi connectivity index (χ0) is 12.5. The number of halogens is 3. The van der Waals surface area contributed by atoms with Crippen molar-refractivity contribution in [3.05, 3.63) is 33.4 Å². The number of ether oxygens (including phenoxy) is 1. The number of nitro groups is 1. The van der Waals surface area contributed by atoms with Crippen LogP contribution >= 0.6 is 0 Å². The first-order valence-electron chi connectivity index (χ1n) is 4.22. The third-order valence-electron chi connectivity index (χ3n) is 2.07. The molecule has 16 heavy (non-hydrogen) atoms. The van der Waals surface area contributed by atoms with Crippen LogP contribution in [0.25, 0.3) is 0 Å². The van der Waals surface area contributed by atoms with Crippen LogP contribution in [0, 0.1) is 24.0 Å². The standard InChI is InChI=1S/C9H8F3NO3/c1-5-3-4-7(13(14)15)8(6(5)2)16-9(10,11)12/h3-4H,1-2H3. The van der Waals surface area contributed by atoms with E-state index in [2.05, 4.69) is 4.74 Å². The highest BCUT2D eigenvalue weighted by atomic mass is 19.4. The Kier molecular flexibility index (Phi) is 3.06. The summed E-state index contributed by atoms with van der Waals surface area (Å²) in [5.41, 5.74) is -0.100. The van der Waals surface area contributed by atoms with Crippen LogP contribution in [0.5, 0.6) is 5.75 Å². The molecule has 1 aromatic rings. The predicted octanol–water partition coefficient (Wildman–Crippen LogP) is 3.11. The van der Waals surface area contributed by atoms with Crippen LogP contribution < -0.4 is 4.74 Å². The first-order chi connectivity index (χ1) is 7.22. The Balaban J connectivity index is 3.32. The summed E-state index contributed by atoms with van der Waals surface area (Å²) in [6.07, 6.45) is -4.94. The van der Waals surface area contributed by atoms with E-state index in [0.717, 1.165) is 6.07 Å². The number of rotatable bonds is 2. The fourth-order valence-electron chi connectivity index (χ4n) is 1.16. The number of hydrogen-bond acceptors (Lipinski definition) is 3. The van der Waals surface area contributed by atoms with Gasteiger partial charge >= 0.3 is 12.0 Å². The Morgan fingerprint density at radius 3 is 2.31 bits per heavy atom. The van der Waals surface area contributed by atoms with Crippen molar-refractivity contribution in [3.8, 4) is 5.75 Å². The summed E-state index contributed by atoms with van der Waals surface area (Å²) < 4.78 is 39.8. The van der Waals surface area contributed by atoms with E-state index in [4.69, 9.17) is 0 Å². The van der Waals surface area contributed by atoms with E-state index in [1.807, 2.05) is 0 Å². The molecule has 0 aliphatic heterocycles. The fraction of sp³-hybridized carbons (Fsp3) is 0.333. The zero-order valence-electron chi connectivity index (χ0n) is 8.46. The monoisotopic (exact) mass is 235 g/mol. The zero-order valence-corrected chi connectivity index (χ0v) is 8.46. The van der Waals surface area contributed by atoms with Crippen LogP contribution in [0.15, 0.2) is 12.1 Å². The molecule has 0 radical (unpaired) electrons. The molecule has 0 aliphatic carbocycles. The van der Waals surface area contributed by atoms with Crippen molar-refractivity contribution in [2.24, 2.45) is 0 Å². The van der Waals surface area contributed by atoms with Crippen molar-refractivity contribution in [1.82, 2.24) is 0 Å². The Morgan fingerprint density at radius 1 is 1.31 bits per heavy atom. The maximum atomic E-state index is 12.1. The second-order valence-corrected chi connectivity index (χ2v) is 3.16. The molecule has 0 unspecified atom stereocenters. The lowest BCUT2D eigenvalue weighted by molar-refractivity contribution is -0.388. The average molecular weight is 235 g/mol. The number of benzene rings is 1. The van der Waals surface area contributed by atoms with E-state index < -0.39 is 22.7 Å². The molecule has 0 saturated carbocycles. The molecule has 0 bridgehead atoms. The van der Waals surface area contributed by atoms with Gasteiger partial charge < -0.3 is 4.74 Å². The van der Waals surface area contributed by atoms with Crippen LogP contribution in [-0.4, -0.2) is 11.3 Å². The molecule has 0 atom stereocenters. The maximum Gasteiger partial charge on any atom is 0.573 e. The van der Waals surface area contributed by atoms with Gasteiger partial charge in [0.15, 0.2) is 0 Å². The van der Waals surface area contributed by atoms with Gasteiger partial charge in [0.05, 0.1) is 4.92 Å². The van der Waals surface area contributed by atoms with Gasteiger partial charge in [-0.05, 0) is 19.4 Å². The van der Waals surface area contributed by atoms with Gasteiger partial charge in [-0.1, -0.05) is 6.07 Å². The minimum absolute atomic E-state index is 0.103. The number of alkyl halides is 3. The van der Waals surface area contributed by atoms with Crippen molar-refractivity contribution in [1.29, 1.82) is 0 Å². The Bertz CT molecular complexity index is 429. The lowest BCUT2D eigenvalue weighted by Crippen LogP contribution is -2.19. The van der Waals surface area contributed by atoms with E-state index in [0.29, 0.717) is 5.56 Å². The Hall–Kier alpha value is -1.79. The lowest BCUT2D eigenvalue weighted by atomic mass is 10.1. The van der Waals surface area contributed by atoms with Gasteiger partial charge in [-0.25, -0.2) is 0 Å². The van der Waals surface area contributed by atoms with Gasteiger partial charge in [0.2, 0.25) is 5.75 Å². The number of aryl methyl sites for hydroxylation is 1. The summed E-state index contributed by atoms with van der Waals surface area (Å²) >= 11 is 0. The topological polar surface area (TPSA) is 52.4 Å². The smallest absolute Gasteiger partial charge is 0.398 e. The summed E-state index contributed by atoms with van der Waals surface area (Å²) in [7, 11) is 0. The summed E-state index contributed by atoms with van der Waals surface area (Å²) in [5.74, 6) is -0.752. The van der Waals surface area contributed by atoms with Gasteiger partial charge in [0, 0.05) is 11.6 Å². The van der Waals surface area contributed by atoms with E-state index in [1.165, 1.54) is 13.0 Å². The van der Waals surface area contributed by atoms with Crippen LogP contribution in [-0.2, 0) is 0 Å². The van der Waals surface area contributed by atoms with Crippen molar-refractivity contribution in [2.75, 3.05) is 0 Å². The molecule has 1 aromatic carbocycles. The summed E-state index contributed by atoms with van der Waals surface area (Å²) in [4.78, 5) is 9.62. The largest absolute Gasteiger partial charge is 0.573 e. The Labute approximate surface area is 88.8 Å². The number of hydrogen-bond donors (Lipinski definition) is 0. The van der Waals surface area contributed by atoms with Gasteiger partial charge in [0.1, 0.15) is 0 Å². The van der Waals surface area contributed by atoms with E-state index in [1.54, 1.807) is 6.92 Å². The van der Waals surface area contributed by atoms with Crippen molar-refractivity contribution >= 4 is 5.69 Å². The molecule has 1 rings (SSSR count). The van der Waals surface area contributed by atoms with E-state index >= 15 is 0 Å². The number of nitrogens with zero attached hydrogens (tertiary/aromatic N) is 1. The van der Waals surface area contributed by atoms with Crippen LogP contribution in [0.4, 0.5) is 18.9 Å². The first kappa shape index (κ1) is 12.3. The maximum absolute atomic E-state index is 12.1. The molecule has 0 amide bonds. The molecule has 7 heteroatoms. The third kappa shape index (κ3) is 2.62. The van der Waals surface area contributed by atoms with Gasteiger partial charge in [0.25, 0.3) is 0 Å². The third-order valence-corrected chi connectivity index (χ3v) is 2.07. The SMILES string of the molecule is Cc1ccc([N+](=O)[O-])c(OC(F)(F)F)c1C. The molecule has 0 spiro atoms. The van der Waals surface area contributed by atoms with Crippen LogP contribution in [0.3, 0.4) is 0 Å². The predicted molar refractivity (Wildman–Crippen MR) is 49.3 cm³/mol. The molecule has 0 saturated heterocycles. The lowest BCUT2D eigenvalue weighted by Gasteiger charge is -2.12. The quantitative estimate of drug-likeness (QED) is 0.584. The van der Waals surface area contributed by atoms with E-state index in [9.17, 15) is 23.3 Å². The molecule has 88 valence electrons. The first-order valence-corrected chi connectivity index (χ1v) is 4.22. The second kappa shape index (κ2) is 3.99. The highest BCUT2D eigenvalue weighted by molar-refractivity contribution is 5.54. The van der Waals surface area contributed by atoms with Crippen molar-refractivity contribution in [3.63, 3.8) is 0 Å². The van der Waals surface area contributed by atoms with Crippen molar-refractivity contribution in [2.45, 2.75) is 20.2 Å². The minimum Gasteiger partial charge on any atom is -0.398 e. The van der Waals surface area contributed by atoms with Crippen LogP contribution in [0.1, 0.15) is 11.1 Å². The molecule has 4 nitrogen and oxygen atoms in total. The highest BCUT2D eigenvalue weighted by Crippen LogP contribution is 2.36. The Morgan fingerprint density at radius 2 is 1.88 bits per heavy atom. The van der Waals surface area contributed by atoms with Gasteiger partial charge in [-0.3, -0.25) is 10.1 Å². The fourth-order valence-corrected chi connectivity index (χ4v) is 1.16. The van der Waals surface area contributed by atoms with Gasteiger partial charge in [-0.2, -0.15) is 0 Å². The van der Waals surface area contributed by atoms with E-state index in [-0.39, 0.29) is 5.56 Å². The van der Waals surface area contributed by atoms with Crippen LogP contribution in [0.2, 0.25) is 0 Å². The molecular weight excluding hydrogens is 227 g/mol. The normalized spacial score (nSPS) is 11.3. The summed E-state index contributed by atoms with van der Waals surface area (Å²) in [6.45, 7) is 2.88. The molecule has 0 N–H and O–H groups in total. The van der Waals surface area contributed by atoms with Gasteiger partial charge in [-0.15, -0.1) is 13.2 Å². The minimum atomic E-state index is -4.94. The molecular formula is C9H8F3NO3. The summed E-state index contributed by atoms with van der Waals surface area (Å²) in [6, 6.07) is 2.36. The summed E-state index contributed by atoms with van der Waals surface area (Å²) in [5, 5.41) is 10.5. The molecule has 0 fully saturated rings. The highest BCUT2D eigenvalue weighted by Gasteiger charge is 2.35. The molecule has 0 aliphatic rings. The molecule has 0 aromatic heterocycles. The molecule has 0 heterocycles. The second-order valence-electron chi connectivity index (χ2n) is 3.16. The number of nitro benzene ring substituents is 1. The average Bonchev–Trinajstić information content (AvgIpc) is 2.10.